The van der Waals surface area contributed by atoms with Crippen molar-refractivity contribution < 1.29 is 4.74 Å². The van der Waals surface area contributed by atoms with Crippen molar-refractivity contribution in [1.82, 2.24) is 5.32 Å². The number of hydrogen-bond donors (Lipinski definition) is 1. The lowest BCUT2D eigenvalue weighted by molar-refractivity contribution is -0.151. The van der Waals surface area contributed by atoms with Crippen LogP contribution in [0.3, 0.4) is 0 Å². The highest BCUT2D eigenvalue weighted by atomic mass is 16.5. The van der Waals surface area contributed by atoms with Gasteiger partial charge < -0.3 is 10.1 Å². The minimum atomic E-state index is -0.0250. The van der Waals surface area contributed by atoms with Crippen molar-refractivity contribution in [3.05, 3.63) is 0 Å². The molecule has 2 aliphatic carbocycles. The Labute approximate surface area is 119 Å². The van der Waals surface area contributed by atoms with Crippen LogP contribution in [0.1, 0.15) is 79.1 Å². The molecule has 0 spiro atoms. The summed E-state index contributed by atoms with van der Waals surface area (Å²) in [5.74, 6) is 0.947. The van der Waals surface area contributed by atoms with Gasteiger partial charge in [0.15, 0.2) is 0 Å². The van der Waals surface area contributed by atoms with Crippen molar-refractivity contribution in [3.8, 4) is 0 Å². The van der Waals surface area contributed by atoms with E-state index in [1.807, 2.05) is 0 Å². The Hall–Kier alpha value is -0.0800. The maximum atomic E-state index is 6.51. The van der Waals surface area contributed by atoms with Crippen LogP contribution < -0.4 is 5.32 Å². The van der Waals surface area contributed by atoms with E-state index in [2.05, 4.69) is 33.0 Å². The van der Waals surface area contributed by atoms with E-state index in [1.165, 1.54) is 51.4 Å². The van der Waals surface area contributed by atoms with Gasteiger partial charge in [-0.25, -0.2) is 0 Å². The Balaban J connectivity index is 1.90. The zero-order chi connectivity index (χ0) is 13.9. The molecule has 0 aromatic rings. The first-order chi connectivity index (χ1) is 8.92. The molecule has 0 aliphatic heterocycles. The van der Waals surface area contributed by atoms with Crippen LogP contribution in [-0.4, -0.2) is 23.8 Å². The summed E-state index contributed by atoms with van der Waals surface area (Å²) in [4.78, 5) is 0. The van der Waals surface area contributed by atoms with Gasteiger partial charge in [0, 0.05) is 12.6 Å². The molecular formula is C17H33NO. The number of rotatable bonds is 6. The van der Waals surface area contributed by atoms with Crippen LogP contribution in [0.15, 0.2) is 0 Å². The lowest BCUT2D eigenvalue weighted by Crippen LogP contribution is -2.50. The molecule has 2 fully saturated rings. The van der Waals surface area contributed by atoms with Crippen molar-refractivity contribution in [3.63, 3.8) is 0 Å². The number of ether oxygens (including phenoxy) is 1. The van der Waals surface area contributed by atoms with Gasteiger partial charge >= 0.3 is 0 Å². The first-order valence-corrected chi connectivity index (χ1v) is 8.36. The zero-order valence-corrected chi connectivity index (χ0v) is 13.4. The molecule has 0 saturated heterocycles. The quantitative estimate of drug-likeness (QED) is 0.775. The van der Waals surface area contributed by atoms with Gasteiger partial charge in [-0.2, -0.15) is 0 Å². The summed E-state index contributed by atoms with van der Waals surface area (Å²) in [5, 5.41) is 3.71. The summed E-state index contributed by atoms with van der Waals surface area (Å²) in [6.45, 7) is 9.97. The summed E-state index contributed by atoms with van der Waals surface area (Å²) < 4.78 is 6.51. The Morgan fingerprint density at radius 2 is 1.74 bits per heavy atom. The number of nitrogens with one attached hydrogen (secondary N) is 1. The van der Waals surface area contributed by atoms with Crippen molar-refractivity contribution in [1.29, 1.82) is 0 Å². The van der Waals surface area contributed by atoms with Crippen molar-refractivity contribution in [2.75, 3.05) is 6.54 Å². The molecule has 2 aliphatic rings. The van der Waals surface area contributed by atoms with Gasteiger partial charge in [-0.15, -0.1) is 0 Å². The average Bonchev–Trinajstić information content (AvgIpc) is 3.12. The number of hydrogen-bond acceptors (Lipinski definition) is 2. The summed E-state index contributed by atoms with van der Waals surface area (Å²) in [7, 11) is 0. The largest absolute Gasteiger partial charge is 0.368 e. The fourth-order valence-electron chi connectivity index (χ4n) is 3.48. The first kappa shape index (κ1) is 15.3. The van der Waals surface area contributed by atoms with Crippen LogP contribution in [0, 0.1) is 5.92 Å². The van der Waals surface area contributed by atoms with Crippen LogP contribution in [0.4, 0.5) is 0 Å². The standard InChI is InChI=1S/C17H33NO/c1-5-6-14-9-11-17(12-10-14,19-16(2,3)4)13-18-15-7-8-15/h14-15,18H,5-13H2,1-4H3. The van der Waals surface area contributed by atoms with E-state index in [0.717, 1.165) is 18.5 Å². The zero-order valence-electron chi connectivity index (χ0n) is 13.4. The first-order valence-electron chi connectivity index (χ1n) is 8.36. The highest BCUT2D eigenvalue weighted by molar-refractivity contribution is 4.94. The highest BCUT2D eigenvalue weighted by Gasteiger charge is 2.40. The van der Waals surface area contributed by atoms with E-state index in [9.17, 15) is 0 Å². The summed E-state index contributed by atoms with van der Waals surface area (Å²) >= 11 is 0. The molecule has 0 amide bonds. The van der Waals surface area contributed by atoms with Gasteiger partial charge in [0.25, 0.3) is 0 Å². The second kappa shape index (κ2) is 6.13. The Morgan fingerprint density at radius 3 is 2.21 bits per heavy atom. The van der Waals surface area contributed by atoms with Gasteiger partial charge in [-0.3, -0.25) is 0 Å². The molecule has 19 heavy (non-hydrogen) atoms. The fourth-order valence-corrected chi connectivity index (χ4v) is 3.48. The predicted octanol–water partition coefficient (Wildman–Crippen LogP) is 4.28. The molecule has 1 N–H and O–H groups in total. The Bertz CT molecular complexity index is 269. The summed E-state index contributed by atoms with van der Waals surface area (Å²) in [6.07, 6.45) is 10.7. The minimum Gasteiger partial charge on any atom is -0.368 e. The van der Waals surface area contributed by atoms with Gasteiger partial charge in [0.1, 0.15) is 0 Å². The molecule has 2 saturated carbocycles. The van der Waals surface area contributed by atoms with Crippen LogP contribution in [0.25, 0.3) is 0 Å². The maximum absolute atomic E-state index is 6.51. The monoisotopic (exact) mass is 267 g/mol. The topological polar surface area (TPSA) is 21.3 Å². The van der Waals surface area contributed by atoms with Gasteiger partial charge in [0.05, 0.1) is 11.2 Å². The molecule has 2 rings (SSSR count). The SMILES string of the molecule is CCCC1CCC(CNC2CC2)(OC(C)(C)C)CC1. The highest BCUT2D eigenvalue weighted by Crippen LogP contribution is 2.39. The smallest absolute Gasteiger partial charge is 0.0813 e. The third-order valence-electron chi connectivity index (χ3n) is 4.53. The predicted molar refractivity (Wildman–Crippen MR) is 81.5 cm³/mol. The third kappa shape index (κ3) is 5.07. The average molecular weight is 267 g/mol. The molecule has 0 radical (unpaired) electrons. The van der Waals surface area contributed by atoms with E-state index in [-0.39, 0.29) is 11.2 Å². The third-order valence-corrected chi connectivity index (χ3v) is 4.53. The van der Waals surface area contributed by atoms with E-state index in [0.29, 0.717) is 0 Å². The van der Waals surface area contributed by atoms with Crippen molar-refractivity contribution >= 4 is 0 Å². The molecule has 2 heteroatoms. The van der Waals surface area contributed by atoms with E-state index < -0.39 is 0 Å². The van der Waals surface area contributed by atoms with Crippen LogP contribution in [0.5, 0.6) is 0 Å². The van der Waals surface area contributed by atoms with E-state index >= 15 is 0 Å². The molecule has 0 unspecified atom stereocenters. The van der Waals surface area contributed by atoms with Crippen molar-refractivity contribution in [2.24, 2.45) is 5.92 Å². The van der Waals surface area contributed by atoms with Gasteiger partial charge in [0.2, 0.25) is 0 Å². The second-order valence-corrected chi connectivity index (χ2v) is 7.78. The maximum Gasteiger partial charge on any atom is 0.0813 e. The van der Waals surface area contributed by atoms with E-state index in [4.69, 9.17) is 4.74 Å². The molecule has 0 atom stereocenters. The summed E-state index contributed by atoms with van der Waals surface area (Å²) in [6, 6.07) is 0.786. The fraction of sp³-hybridized carbons (Fsp3) is 1.00. The second-order valence-electron chi connectivity index (χ2n) is 7.78. The molecular weight excluding hydrogens is 234 g/mol. The molecule has 2 nitrogen and oxygen atoms in total. The van der Waals surface area contributed by atoms with Crippen LogP contribution in [0.2, 0.25) is 0 Å². The van der Waals surface area contributed by atoms with Crippen LogP contribution >= 0.6 is 0 Å². The normalized spacial score (nSPS) is 32.5. The lowest BCUT2D eigenvalue weighted by Gasteiger charge is -2.44. The van der Waals surface area contributed by atoms with Crippen LogP contribution in [-0.2, 0) is 4.74 Å². The van der Waals surface area contributed by atoms with Gasteiger partial charge in [-0.05, 0) is 65.2 Å². The molecule has 0 heterocycles. The molecule has 112 valence electrons. The summed E-state index contributed by atoms with van der Waals surface area (Å²) in [5.41, 5.74) is 0.0773. The van der Waals surface area contributed by atoms with Crippen molar-refractivity contribution in [2.45, 2.75) is 96.3 Å². The molecule has 0 bridgehead atoms. The van der Waals surface area contributed by atoms with E-state index in [1.54, 1.807) is 0 Å². The molecule has 0 aromatic carbocycles. The Kier molecular flexibility index (Phi) is 4.94. The molecule has 0 aromatic heterocycles. The lowest BCUT2D eigenvalue weighted by atomic mass is 9.76. The van der Waals surface area contributed by atoms with Gasteiger partial charge in [-0.1, -0.05) is 19.8 Å². The minimum absolute atomic E-state index is 0.0250. The Morgan fingerprint density at radius 1 is 1.11 bits per heavy atom.